The Morgan fingerprint density at radius 2 is 2.11 bits per heavy atom. The number of aromatic nitrogens is 3. The molecule has 5 rings (SSSR count). The largest absolute Gasteiger partial charge is 0.480 e. The SMILES string of the molecule is Cc1cc(C2=N[C@H](C(=O)O)CN2)cc2[nH]c(-c3c(NC[C@@H](O)c4cccc(Cl)c4)cc[nH]c3=O)nc12. The Morgan fingerprint density at radius 3 is 2.86 bits per heavy atom. The van der Waals surface area contributed by atoms with E-state index >= 15 is 0 Å². The van der Waals surface area contributed by atoms with Crippen LogP contribution in [0.25, 0.3) is 22.4 Å². The molecule has 2 aromatic heterocycles. The van der Waals surface area contributed by atoms with Crippen molar-refractivity contribution < 1.29 is 15.0 Å². The highest BCUT2D eigenvalue weighted by Crippen LogP contribution is 2.28. The number of carboxylic acids is 1. The smallest absolute Gasteiger partial charge is 0.330 e. The summed E-state index contributed by atoms with van der Waals surface area (Å²) in [6.45, 7) is 2.26. The number of carboxylic acid groups (broad SMARTS) is 1. The number of benzene rings is 2. The Kier molecular flexibility index (Phi) is 6.21. The first-order chi connectivity index (χ1) is 17.3. The predicted molar refractivity (Wildman–Crippen MR) is 138 cm³/mol. The fourth-order valence-electron chi connectivity index (χ4n) is 4.20. The van der Waals surface area contributed by atoms with Crippen molar-refractivity contribution in [3.63, 3.8) is 0 Å². The van der Waals surface area contributed by atoms with Gasteiger partial charge in [-0.3, -0.25) is 9.79 Å². The first-order valence-electron chi connectivity index (χ1n) is 11.2. The summed E-state index contributed by atoms with van der Waals surface area (Å²) in [6.07, 6.45) is 0.681. The molecule has 0 radical (unpaired) electrons. The number of fused-ring (bicyclic) bond motifs is 1. The molecule has 10 nitrogen and oxygen atoms in total. The van der Waals surface area contributed by atoms with Crippen LogP contribution in [0.1, 0.15) is 22.8 Å². The van der Waals surface area contributed by atoms with Crippen LogP contribution >= 0.6 is 11.6 Å². The van der Waals surface area contributed by atoms with Crippen molar-refractivity contribution in [2.75, 3.05) is 18.4 Å². The summed E-state index contributed by atoms with van der Waals surface area (Å²) in [7, 11) is 0. The maximum absolute atomic E-state index is 12.8. The quantitative estimate of drug-likeness (QED) is 0.225. The fourth-order valence-corrected chi connectivity index (χ4v) is 4.40. The lowest BCUT2D eigenvalue weighted by atomic mass is 10.1. The van der Waals surface area contributed by atoms with Gasteiger partial charge < -0.3 is 30.8 Å². The lowest BCUT2D eigenvalue weighted by Gasteiger charge is -2.15. The molecule has 0 fully saturated rings. The number of imidazole rings is 1. The van der Waals surface area contributed by atoms with Gasteiger partial charge in [-0.1, -0.05) is 23.7 Å². The number of aryl methyl sites for hydroxylation is 1. The number of H-pyrrole nitrogens is 2. The summed E-state index contributed by atoms with van der Waals surface area (Å²) in [5.41, 5.74) is 4.03. The lowest BCUT2D eigenvalue weighted by molar-refractivity contribution is -0.138. The second kappa shape index (κ2) is 9.48. The van der Waals surface area contributed by atoms with Gasteiger partial charge in [-0.25, -0.2) is 9.78 Å². The molecule has 11 heteroatoms. The molecule has 0 bridgehead atoms. The van der Waals surface area contributed by atoms with E-state index in [-0.39, 0.29) is 18.6 Å². The minimum absolute atomic E-state index is 0.149. The molecule has 3 heterocycles. The third-order valence-corrected chi connectivity index (χ3v) is 6.24. The minimum atomic E-state index is -0.983. The second-order valence-electron chi connectivity index (χ2n) is 8.53. The summed E-state index contributed by atoms with van der Waals surface area (Å²) in [5, 5.41) is 26.5. The highest BCUT2D eigenvalue weighted by atomic mass is 35.5. The van der Waals surface area contributed by atoms with Gasteiger partial charge in [-0.2, -0.15) is 0 Å². The fraction of sp³-hybridized carbons (Fsp3) is 0.200. The molecule has 184 valence electrons. The van der Waals surface area contributed by atoms with Gasteiger partial charge >= 0.3 is 5.97 Å². The maximum Gasteiger partial charge on any atom is 0.330 e. The molecule has 36 heavy (non-hydrogen) atoms. The van der Waals surface area contributed by atoms with Crippen LogP contribution < -0.4 is 16.2 Å². The zero-order valence-electron chi connectivity index (χ0n) is 19.2. The van der Waals surface area contributed by atoms with Crippen LogP contribution in [0.15, 0.2) is 58.4 Å². The summed E-state index contributed by atoms with van der Waals surface area (Å²) < 4.78 is 0. The topological polar surface area (TPSA) is 155 Å². The number of halogens is 1. The van der Waals surface area contributed by atoms with Crippen LogP contribution in [0.3, 0.4) is 0 Å². The van der Waals surface area contributed by atoms with E-state index in [1.165, 1.54) is 6.20 Å². The monoisotopic (exact) mass is 506 g/mol. The van der Waals surface area contributed by atoms with E-state index in [2.05, 4.69) is 30.6 Å². The third kappa shape index (κ3) is 4.56. The molecule has 2 aromatic carbocycles. The number of amidine groups is 1. The zero-order chi connectivity index (χ0) is 25.4. The number of aliphatic imine (C=N–C) groups is 1. The standard InChI is InChI=1S/C25H23ClN6O4/c1-12-7-14(22-29-10-18(31-22)25(35)36)9-17-21(12)32-23(30-17)20-16(5-6-27-24(20)34)28-11-19(33)13-3-2-4-15(26)8-13/h2-9,18-19,33H,10-11H2,1H3,(H,29,31)(H,30,32)(H,35,36)(H2,27,28,34)/t18-,19+/m0/s1. The molecule has 1 aliphatic rings. The Bertz CT molecular complexity index is 1560. The number of aliphatic hydroxyl groups excluding tert-OH is 1. The Morgan fingerprint density at radius 1 is 1.28 bits per heavy atom. The van der Waals surface area contributed by atoms with Crippen LogP contribution in [0.4, 0.5) is 5.69 Å². The molecule has 1 aliphatic heterocycles. The van der Waals surface area contributed by atoms with Gasteiger partial charge in [0.05, 0.1) is 22.8 Å². The number of hydrogen-bond acceptors (Lipinski definition) is 7. The Hall–Kier alpha value is -4.15. The van der Waals surface area contributed by atoms with Gasteiger partial charge in [-0.15, -0.1) is 0 Å². The van der Waals surface area contributed by atoms with Gasteiger partial charge in [0.25, 0.3) is 5.56 Å². The molecule has 0 amide bonds. The van der Waals surface area contributed by atoms with Crippen LogP contribution in [0, 0.1) is 6.92 Å². The molecule has 6 N–H and O–H groups in total. The van der Waals surface area contributed by atoms with Crippen LogP contribution in [-0.4, -0.2) is 56.1 Å². The zero-order valence-corrected chi connectivity index (χ0v) is 19.9. The van der Waals surface area contributed by atoms with E-state index < -0.39 is 18.1 Å². The molecule has 0 spiro atoms. The molecular formula is C25H23ClN6O4. The number of pyridine rings is 1. The van der Waals surface area contributed by atoms with Crippen molar-refractivity contribution in [1.29, 1.82) is 0 Å². The van der Waals surface area contributed by atoms with Crippen LogP contribution in [0.2, 0.25) is 5.02 Å². The maximum atomic E-state index is 12.8. The highest BCUT2D eigenvalue weighted by Gasteiger charge is 2.25. The number of nitrogens with one attached hydrogen (secondary N) is 4. The van der Waals surface area contributed by atoms with E-state index in [1.807, 2.05) is 19.1 Å². The normalized spacial score (nSPS) is 16.0. The van der Waals surface area contributed by atoms with E-state index in [9.17, 15) is 19.8 Å². The molecule has 0 saturated heterocycles. The van der Waals surface area contributed by atoms with Crippen molar-refractivity contribution in [2.24, 2.45) is 4.99 Å². The predicted octanol–water partition coefficient (Wildman–Crippen LogP) is 2.83. The number of aromatic amines is 2. The van der Waals surface area contributed by atoms with E-state index in [0.717, 1.165) is 11.1 Å². The van der Waals surface area contributed by atoms with Crippen molar-refractivity contribution in [2.45, 2.75) is 19.1 Å². The average Bonchev–Trinajstić information content (AvgIpc) is 3.50. The number of anilines is 1. The van der Waals surface area contributed by atoms with Crippen molar-refractivity contribution in [1.82, 2.24) is 20.3 Å². The van der Waals surface area contributed by atoms with Crippen molar-refractivity contribution in [3.05, 3.63) is 80.7 Å². The second-order valence-corrected chi connectivity index (χ2v) is 8.97. The number of hydrogen-bond donors (Lipinski definition) is 6. The molecule has 4 aromatic rings. The van der Waals surface area contributed by atoms with Gasteiger partial charge in [0, 0.05) is 29.9 Å². The number of carbonyl (C=O) groups is 1. The van der Waals surface area contributed by atoms with Gasteiger partial charge in [0.2, 0.25) is 0 Å². The summed E-state index contributed by atoms with van der Waals surface area (Å²) >= 11 is 6.03. The molecule has 0 aliphatic carbocycles. The first-order valence-corrected chi connectivity index (χ1v) is 11.6. The van der Waals surface area contributed by atoms with Crippen LogP contribution in [0.5, 0.6) is 0 Å². The van der Waals surface area contributed by atoms with Crippen molar-refractivity contribution >= 4 is 40.1 Å². The molecular weight excluding hydrogens is 484 g/mol. The summed E-state index contributed by atoms with van der Waals surface area (Å²) in [5.74, 6) is -0.127. The first kappa shape index (κ1) is 23.6. The molecule has 0 unspecified atom stereocenters. The molecule has 2 atom stereocenters. The van der Waals surface area contributed by atoms with Crippen LogP contribution in [-0.2, 0) is 4.79 Å². The number of aliphatic hydroxyl groups is 1. The number of aliphatic carboxylic acids is 1. The Labute approximate surface area is 210 Å². The van der Waals surface area contributed by atoms with E-state index in [0.29, 0.717) is 44.5 Å². The van der Waals surface area contributed by atoms with Gasteiger partial charge in [0.1, 0.15) is 17.2 Å². The van der Waals surface area contributed by atoms with Gasteiger partial charge in [0.15, 0.2) is 6.04 Å². The molecule has 0 saturated carbocycles. The van der Waals surface area contributed by atoms with Gasteiger partial charge in [-0.05, 0) is 48.4 Å². The highest BCUT2D eigenvalue weighted by molar-refractivity contribution is 6.30. The summed E-state index contributed by atoms with van der Waals surface area (Å²) in [6, 6.07) is 11.5. The summed E-state index contributed by atoms with van der Waals surface area (Å²) in [4.78, 5) is 38.9. The average molecular weight is 507 g/mol. The number of nitrogens with zero attached hydrogens (tertiary/aromatic N) is 2. The number of rotatable bonds is 7. The lowest BCUT2D eigenvalue weighted by Crippen LogP contribution is -2.26. The third-order valence-electron chi connectivity index (χ3n) is 6.00. The van der Waals surface area contributed by atoms with Crippen molar-refractivity contribution in [3.8, 4) is 11.4 Å². The van der Waals surface area contributed by atoms with E-state index in [4.69, 9.17) is 11.6 Å². The van der Waals surface area contributed by atoms with E-state index in [1.54, 1.807) is 30.3 Å². The minimum Gasteiger partial charge on any atom is -0.480 e. The Balaban J connectivity index is 1.47.